The van der Waals surface area contributed by atoms with E-state index in [1.165, 1.54) is 12.0 Å². The topological polar surface area (TPSA) is 158 Å². The Kier molecular flexibility index (Phi) is 9.75. The maximum atomic E-state index is 13.9. The molecule has 2 N–H and O–H groups in total. The van der Waals surface area contributed by atoms with Crippen molar-refractivity contribution in [3.63, 3.8) is 0 Å². The number of carbonyl (C=O) groups excluding carboxylic acids is 3. The van der Waals surface area contributed by atoms with Gasteiger partial charge in [0.05, 0.1) is 26.2 Å². The van der Waals surface area contributed by atoms with Crippen LogP contribution in [0, 0.1) is 12.8 Å². The summed E-state index contributed by atoms with van der Waals surface area (Å²) < 4.78 is 15.1. The van der Waals surface area contributed by atoms with Gasteiger partial charge in [0.15, 0.2) is 11.5 Å². The molecule has 6 rings (SSSR count). The number of hydrogen-bond acceptors (Lipinski definition) is 9. The molecular weight excluding hydrogens is 566 g/mol. The van der Waals surface area contributed by atoms with E-state index < -0.39 is 6.04 Å². The van der Waals surface area contributed by atoms with E-state index in [0.29, 0.717) is 54.8 Å². The van der Waals surface area contributed by atoms with E-state index in [-0.39, 0.29) is 49.2 Å². The molecule has 0 aliphatic carbocycles. The lowest BCUT2D eigenvalue weighted by atomic mass is 10.0. The van der Waals surface area contributed by atoms with Crippen LogP contribution in [0.15, 0.2) is 18.2 Å². The molecule has 3 aliphatic heterocycles. The van der Waals surface area contributed by atoms with Gasteiger partial charge in [0, 0.05) is 31.6 Å². The fourth-order valence-corrected chi connectivity index (χ4v) is 5.57. The van der Waals surface area contributed by atoms with Crippen molar-refractivity contribution in [1.82, 2.24) is 45.1 Å². The number of carbonyl (C=O) groups is 3. The predicted molar refractivity (Wildman–Crippen MR) is 159 cm³/mol. The SMILES string of the molecule is COc1cc2ccc1OCCn1nc(C)nc1[C@H](C(C)C)NC(=O)CN(C(=O)c1nnc3n1CCCCC3)CCCNC2=O. The van der Waals surface area contributed by atoms with Crippen molar-refractivity contribution in [2.75, 3.05) is 33.4 Å². The summed E-state index contributed by atoms with van der Waals surface area (Å²) >= 11 is 0. The third kappa shape index (κ3) is 7.00. The van der Waals surface area contributed by atoms with Crippen molar-refractivity contribution in [3.8, 4) is 11.5 Å². The summed E-state index contributed by atoms with van der Waals surface area (Å²) in [5, 5.41) is 19.1. The van der Waals surface area contributed by atoms with Crippen LogP contribution < -0.4 is 20.1 Å². The quantitative estimate of drug-likeness (QED) is 0.455. The summed E-state index contributed by atoms with van der Waals surface area (Å²) in [5.41, 5.74) is 0.416. The maximum Gasteiger partial charge on any atom is 0.292 e. The zero-order chi connectivity index (χ0) is 31.2. The fraction of sp³-hybridized carbons (Fsp3) is 0.567. The molecule has 3 amide bonds. The van der Waals surface area contributed by atoms with Crippen LogP contribution >= 0.6 is 0 Å². The Hall–Kier alpha value is -4.49. The summed E-state index contributed by atoms with van der Waals surface area (Å²) in [4.78, 5) is 46.5. The minimum absolute atomic E-state index is 0.0180. The molecule has 0 spiro atoms. The first kappa shape index (κ1) is 31.0. The van der Waals surface area contributed by atoms with Crippen LogP contribution in [0.25, 0.3) is 0 Å². The highest BCUT2D eigenvalue weighted by atomic mass is 16.5. The van der Waals surface area contributed by atoms with E-state index in [0.717, 1.165) is 31.5 Å². The molecule has 14 nitrogen and oxygen atoms in total. The van der Waals surface area contributed by atoms with Crippen LogP contribution in [-0.4, -0.2) is 85.5 Å². The average molecular weight is 608 g/mol. The van der Waals surface area contributed by atoms with Crippen LogP contribution in [0.5, 0.6) is 11.5 Å². The molecule has 0 saturated heterocycles. The summed E-state index contributed by atoms with van der Waals surface area (Å²) in [6.45, 7) is 7.40. The van der Waals surface area contributed by atoms with Crippen LogP contribution in [0.2, 0.25) is 0 Å². The van der Waals surface area contributed by atoms with Gasteiger partial charge in [-0.3, -0.25) is 14.4 Å². The number of ether oxygens (including phenoxy) is 2. The van der Waals surface area contributed by atoms with Crippen molar-refractivity contribution in [2.24, 2.45) is 5.92 Å². The molecule has 5 heterocycles. The van der Waals surface area contributed by atoms with Gasteiger partial charge in [-0.1, -0.05) is 20.3 Å². The van der Waals surface area contributed by atoms with E-state index in [9.17, 15) is 14.4 Å². The Morgan fingerprint density at radius 2 is 1.93 bits per heavy atom. The van der Waals surface area contributed by atoms with Crippen molar-refractivity contribution in [2.45, 2.75) is 72.0 Å². The maximum absolute atomic E-state index is 13.9. The van der Waals surface area contributed by atoms with Crippen LogP contribution in [0.1, 0.15) is 84.0 Å². The van der Waals surface area contributed by atoms with Gasteiger partial charge >= 0.3 is 0 Å². The lowest BCUT2D eigenvalue weighted by Crippen LogP contribution is -2.45. The second kappa shape index (κ2) is 13.9. The van der Waals surface area contributed by atoms with E-state index in [1.807, 2.05) is 18.4 Å². The molecule has 44 heavy (non-hydrogen) atoms. The zero-order valence-electron chi connectivity index (χ0n) is 25.8. The number of nitrogens with zero attached hydrogens (tertiary/aromatic N) is 7. The number of benzene rings is 1. The molecule has 0 radical (unpaired) electrons. The van der Waals surface area contributed by atoms with Crippen LogP contribution in [0.3, 0.4) is 0 Å². The van der Waals surface area contributed by atoms with Gasteiger partial charge in [-0.25, -0.2) is 9.67 Å². The van der Waals surface area contributed by atoms with Crippen molar-refractivity contribution in [3.05, 3.63) is 47.1 Å². The average Bonchev–Trinajstić information content (AvgIpc) is 3.49. The molecule has 236 valence electrons. The highest BCUT2D eigenvalue weighted by Crippen LogP contribution is 2.28. The molecule has 0 fully saturated rings. The number of fused-ring (bicyclic) bond motifs is 14. The third-order valence-electron chi connectivity index (χ3n) is 7.87. The van der Waals surface area contributed by atoms with E-state index in [2.05, 4.69) is 30.9 Å². The number of aromatic nitrogens is 6. The van der Waals surface area contributed by atoms with Crippen LogP contribution in [-0.2, 0) is 24.3 Å². The van der Waals surface area contributed by atoms with Crippen LogP contribution in [0.4, 0.5) is 0 Å². The number of amides is 3. The van der Waals surface area contributed by atoms with Gasteiger partial charge in [0.1, 0.15) is 24.1 Å². The standard InChI is InChI=1S/C30H41N9O5/c1-19(2)26-27-32-20(3)36-39(27)15-16-44-22-11-10-21(17-23(22)43-4)29(41)31-12-8-13-37(18-25(40)33-26)30(42)28-35-34-24-9-6-5-7-14-38(24)28/h10-11,17,19,26H,5-9,12-16,18H2,1-4H3,(H,31,41)(H,33,40)/t26-/m0/s1. The number of nitrogens with one attached hydrogen (secondary N) is 2. The zero-order valence-corrected chi connectivity index (χ0v) is 25.8. The van der Waals surface area contributed by atoms with Crippen molar-refractivity contribution >= 4 is 17.7 Å². The highest BCUT2D eigenvalue weighted by molar-refractivity contribution is 5.95. The molecular formula is C30H41N9O5. The second-order valence-corrected chi connectivity index (χ2v) is 11.5. The molecule has 2 aromatic heterocycles. The van der Waals surface area contributed by atoms with E-state index >= 15 is 0 Å². The Morgan fingerprint density at radius 1 is 1.09 bits per heavy atom. The first-order chi connectivity index (χ1) is 21.2. The Morgan fingerprint density at radius 3 is 2.73 bits per heavy atom. The minimum Gasteiger partial charge on any atom is -0.493 e. The number of methoxy groups -OCH3 is 1. The highest BCUT2D eigenvalue weighted by Gasteiger charge is 2.29. The molecule has 3 aromatic rings. The van der Waals surface area contributed by atoms with Gasteiger partial charge in [-0.15, -0.1) is 10.2 Å². The molecule has 1 atom stereocenters. The Labute approximate surface area is 256 Å². The van der Waals surface area contributed by atoms with Gasteiger partial charge < -0.3 is 29.6 Å². The van der Waals surface area contributed by atoms with Gasteiger partial charge in [0.25, 0.3) is 11.8 Å². The summed E-state index contributed by atoms with van der Waals surface area (Å²) in [7, 11) is 1.52. The molecule has 2 bridgehead atoms. The molecule has 3 aliphatic rings. The fourth-order valence-electron chi connectivity index (χ4n) is 5.57. The smallest absolute Gasteiger partial charge is 0.292 e. The van der Waals surface area contributed by atoms with E-state index in [4.69, 9.17) is 9.47 Å². The van der Waals surface area contributed by atoms with Crippen molar-refractivity contribution in [1.29, 1.82) is 0 Å². The number of aryl methyl sites for hydroxylation is 2. The third-order valence-corrected chi connectivity index (χ3v) is 7.87. The normalized spacial score (nSPS) is 18.6. The monoisotopic (exact) mass is 607 g/mol. The summed E-state index contributed by atoms with van der Waals surface area (Å²) in [5.74, 6) is 2.13. The Bertz CT molecular complexity index is 1500. The first-order valence-electron chi connectivity index (χ1n) is 15.3. The molecule has 0 saturated carbocycles. The van der Waals surface area contributed by atoms with Gasteiger partial charge in [-0.05, 0) is 50.3 Å². The lowest BCUT2D eigenvalue weighted by Gasteiger charge is -2.26. The molecule has 1 aromatic carbocycles. The lowest BCUT2D eigenvalue weighted by molar-refractivity contribution is -0.123. The van der Waals surface area contributed by atoms with Crippen molar-refractivity contribution < 1.29 is 23.9 Å². The largest absolute Gasteiger partial charge is 0.493 e. The summed E-state index contributed by atoms with van der Waals surface area (Å²) in [6, 6.07) is 4.55. The molecule has 14 heteroatoms. The predicted octanol–water partition coefficient (Wildman–Crippen LogP) is 2.08. The second-order valence-electron chi connectivity index (χ2n) is 11.5. The Balaban J connectivity index is 1.45. The van der Waals surface area contributed by atoms with Gasteiger partial charge in [0.2, 0.25) is 11.7 Å². The van der Waals surface area contributed by atoms with E-state index in [1.54, 1.807) is 29.8 Å². The number of rotatable bonds is 3. The summed E-state index contributed by atoms with van der Waals surface area (Å²) in [6.07, 6.45) is 4.18. The minimum atomic E-state index is -0.458. The molecule has 0 unspecified atom stereocenters. The first-order valence-corrected chi connectivity index (χ1v) is 15.3. The van der Waals surface area contributed by atoms with Gasteiger partial charge in [-0.2, -0.15) is 5.10 Å². The number of hydrogen-bond donors (Lipinski definition) is 2.